The van der Waals surface area contributed by atoms with Crippen LogP contribution in [0.25, 0.3) is 0 Å². The first kappa shape index (κ1) is 21.3. The van der Waals surface area contributed by atoms with Crippen LogP contribution >= 0.6 is 12.4 Å². The van der Waals surface area contributed by atoms with Crippen molar-refractivity contribution in [1.29, 1.82) is 0 Å². The third kappa shape index (κ3) is 4.76. The van der Waals surface area contributed by atoms with Crippen molar-refractivity contribution in [3.05, 3.63) is 54.6 Å². The number of hydrogen-bond donors (Lipinski definition) is 0. The molecule has 0 bridgehead atoms. The van der Waals surface area contributed by atoms with Crippen LogP contribution in [0.5, 0.6) is 0 Å². The van der Waals surface area contributed by atoms with Crippen molar-refractivity contribution in [3.63, 3.8) is 0 Å². The van der Waals surface area contributed by atoms with Crippen LogP contribution in [-0.2, 0) is 0 Å². The van der Waals surface area contributed by atoms with Crippen molar-refractivity contribution in [3.8, 4) is 0 Å². The van der Waals surface area contributed by atoms with Gasteiger partial charge in [0, 0.05) is 37.0 Å². The Morgan fingerprint density at radius 3 is 2.07 bits per heavy atom. The monoisotopic (exact) mass is 400 g/mol. The van der Waals surface area contributed by atoms with Crippen LogP contribution in [0.15, 0.2) is 49.1 Å². The smallest absolute Gasteiger partial charge is 0.0485 e. The molecule has 0 aromatic heterocycles. The summed E-state index contributed by atoms with van der Waals surface area (Å²) >= 11 is 0. The Kier molecular flexibility index (Phi) is 5.92. The first-order chi connectivity index (χ1) is 12.7. The van der Waals surface area contributed by atoms with Gasteiger partial charge in [-0.3, -0.25) is 0 Å². The van der Waals surface area contributed by atoms with E-state index in [2.05, 4.69) is 93.5 Å². The van der Waals surface area contributed by atoms with Gasteiger partial charge in [0.25, 0.3) is 0 Å². The SMILES string of the molecule is CC1CC1CN1C=CN(c2ccccc2C2CC(C)(C)CC(C)(C)C2)C=C1.Cl. The van der Waals surface area contributed by atoms with Gasteiger partial charge in [-0.25, -0.2) is 0 Å². The average Bonchev–Trinajstić information content (AvgIpc) is 3.27. The number of para-hydroxylation sites is 1. The lowest BCUT2D eigenvalue weighted by Crippen LogP contribution is -2.33. The van der Waals surface area contributed by atoms with E-state index in [0.29, 0.717) is 16.7 Å². The summed E-state index contributed by atoms with van der Waals surface area (Å²) in [7, 11) is 0. The molecule has 0 radical (unpaired) electrons. The predicted octanol–water partition coefficient (Wildman–Crippen LogP) is 7.15. The van der Waals surface area contributed by atoms with Crippen molar-refractivity contribution in [2.24, 2.45) is 22.7 Å². The van der Waals surface area contributed by atoms with Crippen molar-refractivity contribution in [2.45, 2.75) is 66.2 Å². The second kappa shape index (κ2) is 7.78. The minimum atomic E-state index is 0. The number of nitrogens with zero attached hydrogens (tertiary/aromatic N) is 2. The molecule has 2 aliphatic carbocycles. The van der Waals surface area contributed by atoms with Crippen LogP contribution in [0.3, 0.4) is 0 Å². The molecule has 1 aliphatic heterocycles. The van der Waals surface area contributed by atoms with E-state index < -0.39 is 0 Å². The summed E-state index contributed by atoms with van der Waals surface area (Å²) in [4.78, 5) is 4.66. The van der Waals surface area contributed by atoms with E-state index in [4.69, 9.17) is 0 Å². The molecule has 3 heteroatoms. The molecular weight excluding hydrogens is 364 g/mol. The molecule has 1 aromatic carbocycles. The molecule has 2 saturated carbocycles. The summed E-state index contributed by atoms with van der Waals surface area (Å²) in [5.41, 5.74) is 3.68. The summed E-state index contributed by atoms with van der Waals surface area (Å²) in [5.74, 6) is 2.42. The molecule has 4 rings (SSSR count). The van der Waals surface area contributed by atoms with Crippen molar-refractivity contribution in [1.82, 2.24) is 4.90 Å². The van der Waals surface area contributed by atoms with Gasteiger partial charge in [-0.2, -0.15) is 0 Å². The van der Waals surface area contributed by atoms with E-state index in [1.807, 2.05) is 0 Å². The Balaban J connectivity index is 0.00000225. The zero-order chi connectivity index (χ0) is 19.2. The zero-order valence-corrected chi connectivity index (χ0v) is 19.0. The number of anilines is 1. The Morgan fingerprint density at radius 1 is 0.929 bits per heavy atom. The molecule has 0 N–H and O–H groups in total. The first-order valence-electron chi connectivity index (χ1n) is 10.7. The minimum Gasteiger partial charge on any atom is -0.351 e. The van der Waals surface area contributed by atoms with Crippen LogP contribution in [0.1, 0.15) is 71.8 Å². The van der Waals surface area contributed by atoms with Crippen LogP contribution in [-0.4, -0.2) is 11.4 Å². The topological polar surface area (TPSA) is 6.48 Å². The molecule has 1 aromatic rings. The maximum absolute atomic E-state index is 2.45. The van der Waals surface area contributed by atoms with Gasteiger partial charge in [0.05, 0.1) is 0 Å². The quantitative estimate of drug-likeness (QED) is 0.529. The van der Waals surface area contributed by atoms with Gasteiger partial charge in [0.1, 0.15) is 0 Å². The van der Waals surface area contributed by atoms with E-state index >= 15 is 0 Å². The van der Waals surface area contributed by atoms with Crippen LogP contribution in [0.2, 0.25) is 0 Å². The van der Waals surface area contributed by atoms with Crippen LogP contribution in [0.4, 0.5) is 5.69 Å². The van der Waals surface area contributed by atoms with Crippen molar-refractivity contribution in [2.75, 3.05) is 11.4 Å². The fourth-order valence-electron chi connectivity index (χ4n) is 5.75. The van der Waals surface area contributed by atoms with Crippen molar-refractivity contribution < 1.29 is 0 Å². The maximum atomic E-state index is 2.45. The molecule has 1 heterocycles. The summed E-state index contributed by atoms with van der Waals surface area (Å²) in [6.45, 7) is 13.3. The molecule has 2 fully saturated rings. The minimum absolute atomic E-state index is 0. The van der Waals surface area contributed by atoms with Gasteiger partial charge < -0.3 is 9.80 Å². The highest BCUT2D eigenvalue weighted by Crippen LogP contribution is 2.53. The Morgan fingerprint density at radius 2 is 1.50 bits per heavy atom. The highest BCUT2D eigenvalue weighted by atomic mass is 35.5. The molecular formula is C25H37ClN2. The zero-order valence-electron chi connectivity index (χ0n) is 18.2. The summed E-state index contributed by atoms with van der Waals surface area (Å²) in [6.07, 6.45) is 14.2. The van der Waals surface area contributed by atoms with E-state index in [-0.39, 0.29) is 12.4 Å². The maximum Gasteiger partial charge on any atom is 0.0485 e. The highest BCUT2D eigenvalue weighted by Gasteiger charge is 2.39. The molecule has 0 saturated heterocycles. The lowest BCUT2D eigenvalue weighted by molar-refractivity contribution is 0.0971. The lowest BCUT2D eigenvalue weighted by atomic mass is 9.60. The highest BCUT2D eigenvalue weighted by molar-refractivity contribution is 5.85. The third-order valence-electron chi connectivity index (χ3n) is 6.77. The molecule has 3 aliphatic rings. The number of halogens is 1. The fourth-order valence-corrected chi connectivity index (χ4v) is 5.75. The summed E-state index contributed by atoms with van der Waals surface area (Å²) in [5, 5.41) is 0. The lowest BCUT2D eigenvalue weighted by Gasteiger charge is -2.46. The number of hydrogen-bond acceptors (Lipinski definition) is 2. The van der Waals surface area contributed by atoms with Gasteiger partial charge in [-0.1, -0.05) is 52.8 Å². The van der Waals surface area contributed by atoms with E-state index in [9.17, 15) is 0 Å². The second-order valence-electron chi connectivity index (χ2n) is 10.8. The van der Waals surface area contributed by atoms with Crippen molar-refractivity contribution >= 4 is 18.1 Å². The fraction of sp³-hybridized carbons (Fsp3) is 0.600. The normalized spacial score (nSPS) is 28.2. The predicted molar refractivity (Wildman–Crippen MR) is 123 cm³/mol. The second-order valence-corrected chi connectivity index (χ2v) is 10.8. The van der Waals surface area contributed by atoms with Crippen LogP contribution < -0.4 is 4.90 Å². The molecule has 2 nitrogen and oxygen atoms in total. The summed E-state index contributed by atoms with van der Waals surface area (Å²) in [6, 6.07) is 9.04. The van der Waals surface area contributed by atoms with Gasteiger partial charge in [0.2, 0.25) is 0 Å². The molecule has 0 spiro atoms. The van der Waals surface area contributed by atoms with E-state index in [0.717, 1.165) is 18.4 Å². The molecule has 2 unspecified atom stereocenters. The first-order valence-corrected chi connectivity index (χ1v) is 10.7. The average molecular weight is 401 g/mol. The van der Waals surface area contributed by atoms with Gasteiger partial charge >= 0.3 is 0 Å². The van der Waals surface area contributed by atoms with Crippen LogP contribution in [0, 0.1) is 22.7 Å². The molecule has 2 atom stereocenters. The van der Waals surface area contributed by atoms with Gasteiger partial charge in [-0.15, -0.1) is 12.4 Å². The Bertz CT molecular complexity index is 719. The standard InChI is InChI=1S/C25H36N2.ClH/c1-19-14-20(19)17-26-10-12-27(13-11-26)23-9-7-6-8-22(23)21-15-24(2,3)18-25(4,5)16-21;/h6-13,19-21H,14-18H2,1-5H3;1H. The third-order valence-corrected chi connectivity index (χ3v) is 6.77. The van der Waals surface area contributed by atoms with E-state index in [1.54, 1.807) is 0 Å². The van der Waals surface area contributed by atoms with Gasteiger partial charge in [0.15, 0.2) is 0 Å². The molecule has 0 amide bonds. The molecule has 154 valence electrons. The molecule has 28 heavy (non-hydrogen) atoms. The summed E-state index contributed by atoms with van der Waals surface area (Å²) < 4.78 is 0. The van der Waals surface area contributed by atoms with Gasteiger partial charge in [-0.05, 0) is 65.9 Å². The largest absolute Gasteiger partial charge is 0.351 e. The number of benzene rings is 1. The van der Waals surface area contributed by atoms with E-state index in [1.165, 1.54) is 36.9 Å². The Labute approximate surface area is 178 Å². The number of rotatable bonds is 4. The Hall–Kier alpha value is -1.41.